The summed E-state index contributed by atoms with van der Waals surface area (Å²) >= 11 is 0. The van der Waals surface area contributed by atoms with E-state index in [9.17, 15) is 0 Å². The van der Waals surface area contributed by atoms with Gasteiger partial charge in [-0.3, -0.25) is 0 Å². The van der Waals surface area contributed by atoms with E-state index in [4.69, 9.17) is 15.0 Å². The van der Waals surface area contributed by atoms with Crippen LogP contribution in [-0.2, 0) is 0 Å². The van der Waals surface area contributed by atoms with Crippen molar-refractivity contribution in [1.82, 2.24) is 15.0 Å². The van der Waals surface area contributed by atoms with Gasteiger partial charge in [0.25, 0.3) is 0 Å². The van der Waals surface area contributed by atoms with E-state index in [1.165, 1.54) is 75.8 Å². The van der Waals surface area contributed by atoms with Crippen molar-refractivity contribution < 1.29 is 0 Å². The molecule has 60 heavy (non-hydrogen) atoms. The molecule has 13 aromatic rings. The number of fused-ring (bicyclic) bond motifs is 4. The molecule has 0 unspecified atom stereocenters. The monoisotopic (exact) mass is 759 g/mol. The van der Waals surface area contributed by atoms with Crippen molar-refractivity contribution in [2.45, 2.75) is 0 Å². The van der Waals surface area contributed by atoms with Crippen LogP contribution in [0.1, 0.15) is 0 Å². The highest BCUT2D eigenvalue weighted by molar-refractivity contribution is 6.38. The van der Waals surface area contributed by atoms with Gasteiger partial charge in [0, 0.05) is 16.7 Å². The summed E-state index contributed by atoms with van der Waals surface area (Å²) in [4.78, 5) is 15.6. The van der Waals surface area contributed by atoms with Crippen LogP contribution in [0, 0.1) is 0 Å². The molecule has 3 heteroatoms. The summed E-state index contributed by atoms with van der Waals surface area (Å²) in [5, 5.41) is 19.8. The molecule has 12 aromatic carbocycles. The van der Waals surface area contributed by atoms with Crippen molar-refractivity contribution in [3.05, 3.63) is 200 Å². The molecule has 0 saturated carbocycles. The summed E-state index contributed by atoms with van der Waals surface area (Å²) in [7, 11) is 0. The van der Waals surface area contributed by atoms with Crippen molar-refractivity contribution in [3.63, 3.8) is 0 Å². The van der Waals surface area contributed by atoms with E-state index in [2.05, 4.69) is 164 Å². The molecule has 0 N–H and O–H groups in total. The van der Waals surface area contributed by atoms with E-state index >= 15 is 0 Å². The van der Waals surface area contributed by atoms with Crippen LogP contribution in [0.4, 0.5) is 0 Å². The smallest absolute Gasteiger partial charge is 0.165 e. The fraction of sp³-hybridized carbons (Fsp3) is 0. The first kappa shape index (κ1) is 33.0. The Morgan fingerprint density at radius 2 is 0.600 bits per heavy atom. The van der Waals surface area contributed by atoms with Crippen molar-refractivity contribution in [3.8, 4) is 45.3 Å². The largest absolute Gasteiger partial charge is 0.208 e. The van der Waals surface area contributed by atoms with Crippen molar-refractivity contribution in [2.75, 3.05) is 0 Å². The number of hydrogen-bond donors (Lipinski definition) is 0. The molecule has 0 fully saturated rings. The number of aromatic nitrogens is 3. The predicted molar refractivity (Wildman–Crippen MR) is 253 cm³/mol. The molecule has 0 aliphatic heterocycles. The van der Waals surface area contributed by atoms with Crippen LogP contribution in [0.25, 0.3) is 131 Å². The van der Waals surface area contributed by atoms with E-state index in [1.54, 1.807) is 0 Å². The second-order valence-electron chi connectivity index (χ2n) is 15.8. The normalized spacial score (nSPS) is 12.0. The molecule has 0 aliphatic rings. The molecule has 1 aromatic heterocycles. The number of rotatable bonds is 4. The van der Waals surface area contributed by atoms with Gasteiger partial charge in [-0.25, -0.2) is 15.0 Å². The molecule has 0 amide bonds. The van der Waals surface area contributed by atoms with Crippen LogP contribution in [0.15, 0.2) is 200 Å². The SMILES string of the molecule is c1ccc(-c2nc(-c3ccccc3)nc(-c3c4ccccc4c(-c4cc5cccc6c7cccc8ccc9cccc(c%10cccc4c%10c56)c9c87)c4ccccc34)n2)cc1. The number of hydrogen-bond acceptors (Lipinski definition) is 3. The maximum atomic E-state index is 5.27. The van der Waals surface area contributed by atoms with Crippen LogP contribution >= 0.6 is 0 Å². The third-order valence-electron chi connectivity index (χ3n) is 12.6. The summed E-state index contributed by atoms with van der Waals surface area (Å²) < 4.78 is 0. The van der Waals surface area contributed by atoms with Gasteiger partial charge in [-0.1, -0.05) is 194 Å². The lowest BCUT2D eigenvalue weighted by Crippen LogP contribution is -2.01. The molecule has 3 nitrogen and oxygen atoms in total. The van der Waals surface area contributed by atoms with E-state index < -0.39 is 0 Å². The van der Waals surface area contributed by atoms with Gasteiger partial charge in [0.1, 0.15) is 0 Å². The lowest BCUT2D eigenvalue weighted by Gasteiger charge is -2.21. The maximum absolute atomic E-state index is 5.27. The molecule has 1 heterocycles. The first-order valence-electron chi connectivity index (χ1n) is 20.5. The Hall–Kier alpha value is -8.01. The fourth-order valence-corrected chi connectivity index (χ4v) is 10.1. The van der Waals surface area contributed by atoms with Gasteiger partial charge in [-0.15, -0.1) is 0 Å². The van der Waals surface area contributed by atoms with Crippen LogP contribution in [0.3, 0.4) is 0 Å². The molecule has 0 atom stereocenters. The average Bonchev–Trinajstić information content (AvgIpc) is 3.32. The highest BCUT2D eigenvalue weighted by Gasteiger charge is 2.23. The summed E-state index contributed by atoms with van der Waals surface area (Å²) in [6.07, 6.45) is 0. The van der Waals surface area contributed by atoms with Gasteiger partial charge in [0.15, 0.2) is 17.5 Å². The first-order chi connectivity index (χ1) is 29.8. The Morgan fingerprint density at radius 3 is 1.12 bits per heavy atom. The Morgan fingerprint density at radius 1 is 0.233 bits per heavy atom. The number of benzene rings is 11. The van der Waals surface area contributed by atoms with Crippen LogP contribution in [-0.4, -0.2) is 15.0 Å². The van der Waals surface area contributed by atoms with Crippen LogP contribution in [0.2, 0.25) is 0 Å². The zero-order valence-electron chi connectivity index (χ0n) is 32.4. The molecule has 0 radical (unpaired) electrons. The molecular weight excluding hydrogens is 727 g/mol. The molecule has 276 valence electrons. The summed E-state index contributed by atoms with van der Waals surface area (Å²) in [6.45, 7) is 0. The Labute approximate surface area is 345 Å². The standard InChI is InChI=1S/C57H33N3/c1-3-15-36(16-4-1)55-58-56(37-17-5-2-6-18-37)60-57(59-55)54-45-24-9-7-22-42(45)52(43-23-8-10-25-46(43)54)48-33-38-21-13-28-40-39-26-11-19-34-31-32-35-20-12-27-41(50(35)49(34)39)44-29-14-30-47(48)53(44)51(38)40/h1-33H. The minimum absolute atomic E-state index is 0.647. The lowest BCUT2D eigenvalue weighted by molar-refractivity contribution is 1.08. The third-order valence-corrected chi connectivity index (χ3v) is 12.6. The number of nitrogens with zero attached hydrogens (tertiary/aromatic N) is 3. The highest BCUT2D eigenvalue weighted by atomic mass is 15.0. The molecule has 0 aliphatic carbocycles. The van der Waals surface area contributed by atoms with Gasteiger partial charge >= 0.3 is 0 Å². The Balaban J connectivity index is 1.18. The Bertz CT molecular complexity index is 3760. The molecular formula is C57H33N3. The second kappa shape index (κ2) is 12.7. The zero-order valence-corrected chi connectivity index (χ0v) is 32.4. The average molecular weight is 760 g/mol. The van der Waals surface area contributed by atoms with Gasteiger partial charge in [0.2, 0.25) is 0 Å². The second-order valence-corrected chi connectivity index (χ2v) is 15.8. The molecule has 0 bridgehead atoms. The van der Waals surface area contributed by atoms with E-state index in [0.29, 0.717) is 17.5 Å². The van der Waals surface area contributed by atoms with Gasteiger partial charge in [-0.2, -0.15) is 0 Å². The van der Waals surface area contributed by atoms with Crippen LogP contribution in [0.5, 0.6) is 0 Å². The van der Waals surface area contributed by atoms with Gasteiger partial charge < -0.3 is 0 Å². The van der Waals surface area contributed by atoms with E-state index in [1.807, 2.05) is 36.4 Å². The van der Waals surface area contributed by atoms with Crippen molar-refractivity contribution in [2.24, 2.45) is 0 Å². The van der Waals surface area contributed by atoms with Crippen LogP contribution < -0.4 is 0 Å². The minimum Gasteiger partial charge on any atom is -0.208 e. The topological polar surface area (TPSA) is 38.7 Å². The minimum atomic E-state index is 0.647. The fourth-order valence-electron chi connectivity index (χ4n) is 10.1. The third kappa shape index (κ3) is 4.75. The lowest BCUT2D eigenvalue weighted by atomic mass is 9.82. The highest BCUT2D eigenvalue weighted by Crippen LogP contribution is 2.49. The van der Waals surface area contributed by atoms with E-state index in [-0.39, 0.29) is 0 Å². The van der Waals surface area contributed by atoms with Crippen molar-refractivity contribution in [1.29, 1.82) is 0 Å². The first-order valence-corrected chi connectivity index (χ1v) is 20.5. The zero-order chi connectivity index (χ0) is 39.3. The Kier molecular flexibility index (Phi) is 7.01. The summed E-state index contributed by atoms with van der Waals surface area (Å²) in [6, 6.07) is 72.4. The molecule has 0 spiro atoms. The molecule has 0 saturated heterocycles. The quantitative estimate of drug-likeness (QED) is 0.132. The van der Waals surface area contributed by atoms with Crippen molar-refractivity contribution >= 4 is 86.2 Å². The molecule has 13 rings (SSSR count). The predicted octanol–water partition coefficient (Wildman–Crippen LogP) is 15.2. The van der Waals surface area contributed by atoms with Gasteiger partial charge in [-0.05, 0) is 103 Å². The summed E-state index contributed by atoms with van der Waals surface area (Å²) in [5.74, 6) is 1.95. The maximum Gasteiger partial charge on any atom is 0.165 e. The summed E-state index contributed by atoms with van der Waals surface area (Å²) in [5.41, 5.74) is 5.31. The van der Waals surface area contributed by atoms with Gasteiger partial charge in [0.05, 0.1) is 0 Å². The van der Waals surface area contributed by atoms with E-state index in [0.717, 1.165) is 38.2 Å².